The normalized spacial score (nSPS) is 21.9. The Morgan fingerprint density at radius 3 is 2.89 bits per heavy atom. The molecule has 2 aliphatic rings. The molecule has 2 fully saturated rings. The van der Waals surface area contributed by atoms with Crippen LogP contribution in [-0.2, 0) is 20.8 Å². The summed E-state index contributed by atoms with van der Waals surface area (Å²) in [6.45, 7) is 4.26. The summed E-state index contributed by atoms with van der Waals surface area (Å²) in [5.74, 6) is -0.0162. The number of nitriles is 1. The number of nitrogens with zero attached hydrogens (tertiary/aromatic N) is 2. The lowest BCUT2D eigenvalue weighted by Gasteiger charge is -2.43. The van der Waals surface area contributed by atoms with Crippen molar-refractivity contribution in [3.8, 4) is 6.07 Å². The van der Waals surface area contributed by atoms with Crippen LogP contribution in [0.25, 0.3) is 10.9 Å². The molecule has 4 rings (SSSR count). The van der Waals surface area contributed by atoms with Crippen molar-refractivity contribution in [1.82, 2.24) is 9.88 Å². The third-order valence-corrected chi connectivity index (χ3v) is 5.91. The van der Waals surface area contributed by atoms with Crippen molar-refractivity contribution < 1.29 is 14.3 Å². The number of amides is 1. The molecular formula is C21H25N3O3. The van der Waals surface area contributed by atoms with E-state index >= 15 is 0 Å². The van der Waals surface area contributed by atoms with E-state index in [1.54, 1.807) is 0 Å². The highest BCUT2D eigenvalue weighted by Gasteiger charge is 2.39. The number of nitrogens with one attached hydrogen (secondary N) is 1. The second kappa shape index (κ2) is 7.34. The van der Waals surface area contributed by atoms with E-state index in [4.69, 9.17) is 9.47 Å². The van der Waals surface area contributed by atoms with Gasteiger partial charge < -0.3 is 19.4 Å². The van der Waals surface area contributed by atoms with E-state index in [1.807, 2.05) is 35.8 Å². The third kappa shape index (κ3) is 3.45. The van der Waals surface area contributed by atoms with Crippen LogP contribution >= 0.6 is 0 Å². The van der Waals surface area contributed by atoms with E-state index in [2.05, 4.69) is 11.4 Å². The van der Waals surface area contributed by atoms with Gasteiger partial charge in [-0.25, -0.2) is 0 Å². The van der Waals surface area contributed by atoms with Crippen LogP contribution in [0.15, 0.2) is 24.3 Å². The van der Waals surface area contributed by atoms with Crippen molar-refractivity contribution in [3.63, 3.8) is 0 Å². The van der Waals surface area contributed by atoms with Gasteiger partial charge in [-0.05, 0) is 38.7 Å². The van der Waals surface area contributed by atoms with Gasteiger partial charge in [-0.15, -0.1) is 0 Å². The van der Waals surface area contributed by atoms with Crippen LogP contribution in [0.5, 0.6) is 0 Å². The number of hydrogen-bond acceptors (Lipinski definition) is 4. The zero-order valence-corrected chi connectivity index (χ0v) is 15.7. The van der Waals surface area contributed by atoms with Gasteiger partial charge in [0.25, 0.3) is 0 Å². The Labute approximate surface area is 159 Å². The largest absolute Gasteiger partial charge is 0.381 e. The Morgan fingerprint density at radius 2 is 2.11 bits per heavy atom. The summed E-state index contributed by atoms with van der Waals surface area (Å²) in [5, 5.41) is 13.6. The summed E-state index contributed by atoms with van der Waals surface area (Å²) in [4.78, 5) is 12.8. The minimum absolute atomic E-state index is 0.0162. The molecule has 1 N–H and O–H groups in total. The van der Waals surface area contributed by atoms with Crippen molar-refractivity contribution in [3.05, 3.63) is 35.5 Å². The summed E-state index contributed by atoms with van der Waals surface area (Å²) < 4.78 is 13.5. The quantitative estimate of drug-likeness (QED) is 0.905. The van der Waals surface area contributed by atoms with Gasteiger partial charge in [-0.2, -0.15) is 5.26 Å². The molecule has 2 saturated heterocycles. The van der Waals surface area contributed by atoms with Gasteiger partial charge in [0.2, 0.25) is 5.91 Å². The van der Waals surface area contributed by atoms with Crippen LogP contribution < -0.4 is 5.32 Å². The molecule has 2 aliphatic heterocycles. The maximum atomic E-state index is 12.8. The molecule has 0 saturated carbocycles. The van der Waals surface area contributed by atoms with Crippen LogP contribution in [-0.4, -0.2) is 41.9 Å². The molecule has 6 nitrogen and oxygen atoms in total. The highest BCUT2D eigenvalue weighted by molar-refractivity contribution is 5.89. The van der Waals surface area contributed by atoms with E-state index in [0.717, 1.165) is 55.5 Å². The highest BCUT2D eigenvalue weighted by atomic mass is 16.5. The Bertz CT molecular complexity index is 884. The maximum absolute atomic E-state index is 12.8. The van der Waals surface area contributed by atoms with Gasteiger partial charge >= 0.3 is 0 Å². The van der Waals surface area contributed by atoms with E-state index < -0.39 is 0 Å². The predicted octanol–water partition coefficient (Wildman–Crippen LogP) is 2.67. The Balaban J connectivity index is 1.48. The zero-order valence-electron chi connectivity index (χ0n) is 15.7. The van der Waals surface area contributed by atoms with Crippen molar-refractivity contribution in [2.24, 2.45) is 0 Å². The lowest BCUT2D eigenvalue weighted by Crippen LogP contribution is -2.51. The minimum Gasteiger partial charge on any atom is -0.381 e. The van der Waals surface area contributed by atoms with Crippen molar-refractivity contribution in [2.45, 2.75) is 50.8 Å². The molecule has 6 heteroatoms. The molecule has 1 spiro atoms. The SMILES string of the molecule is Cc1c(C#N)c2ccccc2n1CC(=O)N[C@H]1CCOC2(CCOCC2)C1. The van der Waals surface area contributed by atoms with Crippen LogP contribution in [0.3, 0.4) is 0 Å². The number of hydrogen-bond donors (Lipinski definition) is 1. The fourth-order valence-electron chi connectivity index (χ4n) is 4.44. The fourth-order valence-corrected chi connectivity index (χ4v) is 4.44. The summed E-state index contributed by atoms with van der Waals surface area (Å²) in [5.41, 5.74) is 2.26. The number of benzene rings is 1. The first-order valence-electron chi connectivity index (χ1n) is 9.61. The molecule has 142 valence electrons. The number of ether oxygens (including phenoxy) is 2. The molecule has 0 radical (unpaired) electrons. The molecule has 0 aliphatic carbocycles. The standard InChI is InChI=1S/C21H25N3O3/c1-15-18(13-22)17-4-2-3-5-19(17)24(15)14-20(25)23-16-6-9-27-21(12-16)7-10-26-11-8-21/h2-5,16H,6-12,14H2,1H3,(H,23,25)/t16-/m0/s1. The van der Waals surface area contributed by atoms with E-state index in [1.165, 1.54) is 0 Å². The Hall–Kier alpha value is -2.36. The molecule has 1 amide bonds. The van der Waals surface area contributed by atoms with E-state index in [-0.39, 0.29) is 24.1 Å². The Morgan fingerprint density at radius 1 is 1.33 bits per heavy atom. The first-order chi connectivity index (χ1) is 13.1. The topological polar surface area (TPSA) is 76.3 Å². The van der Waals surface area contributed by atoms with Gasteiger partial charge in [-0.1, -0.05) is 18.2 Å². The molecule has 27 heavy (non-hydrogen) atoms. The highest BCUT2D eigenvalue weighted by Crippen LogP contribution is 2.34. The first-order valence-corrected chi connectivity index (χ1v) is 9.61. The van der Waals surface area contributed by atoms with Gasteiger partial charge in [0.15, 0.2) is 0 Å². The monoisotopic (exact) mass is 367 g/mol. The number of rotatable bonds is 3. The third-order valence-electron chi connectivity index (χ3n) is 5.91. The molecule has 1 aromatic carbocycles. The van der Waals surface area contributed by atoms with Crippen molar-refractivity contribution >= 4 is 16.8 Å². The molecule has 0 bridgehead atoms. The lowest BCUT2D eigenvalue weighted by atomic mass is 9.84. The molecule has 1 aromatic heterocycles. The second-order valence-electron chi connectivity index (χ2n) is 7.58. The molecule has 0 unspecified atom stereocenters. The van der Waals surface area contributed by atoms with E-state index in [9.17, 15) is 10.1 Å². The second-order valence-corrected chi connectivity index (χ2v) is 7.58. The molecular weight excluding hydrogens is 342 g/mol. The van der Waals surface area contributed by atoms with Gasteiger partial charge in [0.1, 0.15) is 12.6 Å². The fraction of sp³-hybridized carbons (Fsp3) is 0.524. The molecule has 3 heterocycles. The van der Waals surface area contributed by atoms with Crippen LogP contribution in [0.4, 0.5) is 0 Å². The average molecular weight is 367 g/mol. The number of para-hydroxylation sites is 1. The minimum atomic E-state index is -0.140. The molecule has 2 aromatic rings. The van der Waals surface area contributed by atoms with Gasteiger partial charge in [0, 0.05) is 36.9 Å². The Kier molecular flexibility index (Phi) is 4.90. The number of carbonyl (C=O) groups excluding carboxylic acids is 1. The average Bonchev–Trinajstić information content (AvgIpc) is 2.93. The smallest absolute Gasteiger partial charge is 0.240 e. The summed E-state index contributed by atoms with van der Waals surface area (Å²) in [7, 11) is 0. The van der Waals surface area contributed by atoms with Crippen LogP contribution in [0.1, 0.15) is 36.9 Å². The lowest BCUT2D eigenvalue weighted by molar-refractivity contribution is -0.144. The number of carbonyl (C=O) groups is 1. The van der Waals surface area contributed by atoms with Crippen molar-refractivity contribution in [2.75, 3.05) is 19.8 Å². The van der Waals surface area contributed by atoms with Gasteiger partial charge in [-0.3, -0.25) is 4.79 Å². The van der Waals surface area contributed by atoms with E-state index in [0.29, 0.717) is 12.2 Å². The summed E-state index contributed by atoms with van der Waals surface area (Å²) >= 11 is 0. The van der Waals surface area contributed by atoms with Crippen molar-refractivity contribution in [1.29, 1.82) is 5.26 Å². The number of aromatic nitrogens is 1. The number of fused-ring (bicyclic) bond motifs is 1. The van der Waals surface area contributed by atoms with Crippen LogP contribution in [0.2, 0.25) is 0 Å². The molecule has 1 atom stereocenters. The maximum Gasteiger partial charge on any atom is 0.240 e. The van der Waals surface area contributed by atoms with Gasteiger partial charge in [0.05, 0.1) is 16.7 Å². The first kappa shape index (κ1) is 18.0. The zero-order chi connectivity index (χ0) is 18.9. The summed E-state index contributed by atoms with van der Waals surface area (Å²) in [6, 6.07) is 10.1. The summed E-state index contributed by atoms with van der Waals surface area (Å²) in [6.07, 6.45) is 3.47. The van der Waals surface area contributed by atoms with Crippen LogP contribution in [0, 0.1) is 18.3 Å². The predicted molar refractivity (Wildman–Crippen MR) is 101 cm³/mol.